The van der Waals surface area contributed by atoms with Crippen molar-refractivity contribution in [1.29, 1.82) is 0 Å². The second-order valence-electron chi connectivity index (χ2n) is 6.32. The molecule has 2 aliphatic heterocycles. The van der Waals surface area contributed by atoms with Gasteiger partial charge in [-0.05, 0) is 39.1 Å². The lowest BCUT2D eigenvalue weighted by Crippen LogP contribution is -2.36. The second kappa shape index (κ2) is 6.02. The first-order chi connectivity index (χ1) is 11.0. The predicted molar refractivity (Wildman–Crippen MR) is 95.1 cm³/mol. The van der Waals surface area contributed by atoms with Crippen LogP contribution in [0.3, 0.4) is 0 Å². The van der Waals surface area contributed by atoms with Crippen molar-refractivity contribution in [3.8, 4) is 0 Å². The van der Waals surface area contributed by atoms with Crippen LogP contribution in [0.15, 0.2) is 22.6 Å². The van der Waals surface area contributed by atoms with E-state index in [2.05, 4.69) is 15.4 Å². The molecule has 122 valence electrons. The summed E-state index contributed by atoms with van der Waals surface area (Å²) in [5.41, 5.74) is 1.16. The van der Waals surface area contributed by atoms with Crippen LogP contribution in [0.1, 0.15) is 37.7 Å². The maximum atomic E-state index is 13.3. The van der Waals surface area contributed by atoms with Crippen molar-refractivity contribution in [1.82, 2.24) is 4.90 Å². The highest BCUT2D eigenvalue weighted by Crippen LogP contribution is 2.40. The standard InChI is InChI=1S/C16H16ClF2N2PS/c17-12-2-1-3-13-11(12)9-21-14(20-23-15(21)22-13)8-10-4-6-16(18,19)7-5-10/h1-3,10H,4-9H2. The van der Waals surface area contributed by atoms with E-state index >= 15 is 0 Å². The minimum absolute atomic E-state index is 0.0154. The van der Waals surface area contributed by atoms with Gasteiger partial charge in [-0.25, -0.2) is 8.78 Å². The fraction of sp³-hybridized carbons (Fsp3) is 0.500. The van der Waals surface area contributed by atoms with Crippen LogP contribution in [0.5, 0.6) is 0 Å². The second-order valence-corrected chi connectivity index (χ2v) is 8.91. The Labute approximate surface area is 145 Å². The molecule has 1 saturated carbocycles. The third-order valence-corrected chi connectivity index (χ3v) is 7.36. The Morgan fingerprint density at radius 1 is 1.35 bits per heavy atom. The Bertz CT molecular complexity index is 697. The van der Waals surface area contributed by atoms with E-state index in [4.69, 9.17) is 11.6 Å². The summed E-state index contributed by atoms with van der Waals surface area (Å²) in [5.74, 6) is -1.12. The smallest absolute Gasteiger partial charge is 0.248 e. The van der Waals surface area contributed by atoms with Gasteiger partial charge in [0, 0.05) is 47.1 Å². The largest absolute Gasteiger partial charge is 0.314 e. The van der Waals surface area contributed by atoms with Gasteiger partial charge in [0.15, 0.2) is 0 Å². The zero-order chi connectivity index (χ0) is 16.0. The molecule has 0 spiro atoms. The zero-order valence-corrected chi connectivity index (χ0v) is 14.9. The van der Waals surface area contributed by atoms with Crippen molar-refractivity contribution in [2.75, 3.05) is 0 Å². The molecule has 1 fully saturated rings. The lowest BCUT2D eigenvalue weighted by molar-refractivity contribution is -0.0451. The Kier molecular flexibility index (Phi) is 4.15. The van der Waals surface area contributed by atoms with E-state index in [1.54, 1.807) is 0 Å². The van der Waals surface area contributed by atoms with Crippen LogP contribution in [0.4, 0.5) is 8.78 Å². The van der Waals surface area contributed by atoms with Crippen molar-refractivity contribution in [2.45, 2.75) is 44.6 Å². The number of hydrogen-bond donors (Lipinski definition) is 0. The molecule has 2 nitrogen and oxygen atoms in total. The quantitative estimate of drug-likeness (QED) is 0.530. The monoisotopic (exact) mass is 372 g/mol. The van der Waals surface area contributed by atoms with Crippen molar-refractivity contribution >= 4 is 47.6 Å². The van der Waals surface area contributed by atoms with Gasteiger partial charge < -0.3 is 4.90 Å². The maximum absolute atomic E-state index is 13.3. The minimum atomic E-state index is -2.46. The van der Waals surface area contributed by atoms with Gasteiger partial charge >= 0.3 is 0 Å². The first-order valence-corrected chi connectivity index (χ1v) is 9.82. The predicted octanol–water partition coefficient (Wildman–Crippen LogP) is 5.09. The van der Waals surface area contributed by atoms with E-state index in [0.717, 1.165) is 37.6 Å². The molecule has 0 radical (unpaired) electrons. The number of halogens is 3. The van der Waals surface area contributed by atoms with Crippen molar-refractivity contribution in [3.05, 3.63) is 28.8 Å². The molecule has 0 unspecified atom stereocenters. The van der Waals surface area contributed by atoms with Crippen LogP contribution in [0.2, 0.25) is 5.02 Å². The average Bonchev–Trinajstić information content (AvgIpc) is 2.90. The normalized spacial score (nSPS) is 23.9. The zero-order valence-electron chi connectivity index (χ0n) is 12.4. The Balaban J connectivity index is 1.48. The molecule has 0 saturated heterocycles. The number of nitrogens with zero attached hydrogens (tertiary/aromatic N) is 2. The summed E-state index contributed by atoms with van der Waals surface area (Å²) < 4.78 is 32.4. The molecule has 0 atom stereocenters. The van der Waals surface area contributed by atoms with Gasteiger partial charge in [-0.1, -0.05) is 17.7 Å². The van der Waals surface area contributed by atoms with Crippen molar-refractivity contribution in [3.63, 3.8) is 0 Å². The summed E-state index contributed by atoms with van der Waals surface area (Å²) in [4.78, 5) is 2.23. The molecule has 0 aromatic heterocycles. The molecule has 0 bridgehead atoms. The van der Waals surface area contributed by atoms with Gasteiger partial charge in [0.25, 0.3) is 0 Å². The third-order valence-electron chi connectivity index (χ3n) is 4.71. The number of hydrogen-bond acceptors (Lipinski definition) is 3. The molecule has 7 heteroatoms. The Morgan fingerprint density at radius 2 is 2.13 bits per heavy atom. The number of fused-ring (bicyclic) bond motifs is 2. The minimum Gasteiger partial charge on any atom is -0.314 e. The van der Waals surface area contributed by atoms with E-state index in [1.807, 2.05) is 12.1 Å². The van der Waals surface area contributed by atoms with E-state index in [1.165, 1.54) is 22.0 Å². The topological polar surface area (TPSA) is 15.6 Å². The van der Waals surface area contributed by atoms with Crippen LogP contribution < -0.4 is 5.30 Å². The molecular formula is C16H16ClF2N2PS. The molecule has 1 aromatic carbocycles. The first kappa shape index (κ1) is 15.9. The fourth-order valence-corrected chi connectivity index (χ4v) is 5.83. The molecular weight excluding hydrogens is 357 g/mol. The number of rotatable bonds is 2. The van der Waals surface area contributed by atoms with E-state index in [-0.39, 0.29) is 12.8 Å². The van der Waals surface area contributed by atoms with Gasteiger partial charge in [-0.2, -0.15) is 4.40 Å². The van der Waals surface area contributed by atoms with Crippen LogP contribution in [-0.2, 0) is 6.54 Å². The highest BCUT2D eigenvalue weighted by molar-refractivity contribution is 8.18. The third kappa shape index (κ3) is 3.16. The summed E-state index contributed by atoms with van der Waals surface area (Å²) in [7, 11) is 1.14. The molecule has 0 N–H and O–H groups in total. The SMILES string of the molecule is FC1(F)CCC(CC2=NSC3=Pc4cccc(Cl)c4CN23)CC1. The lowest BCUT2D eigenvalue weighted by Gasteiger charge is -2.31. The van der Waals surface area contributed by atoms with Gasteiger partial charge in [-0.15, -0.1) is 0 Å². The average molecular weight is 373 g/mol. The van der Waals surface area contributed by atoms with Crippen molar-refractivity contribution in [2.24, 2.45) is 10.3 Å². The number of benzene rings is 1. The number of amidine groups is 1. The Hall–Kier alpha value is -0.640. The van der Waals surface area contributed by atoms with Crippen LogP contribution in [0, 0.1) is 5.92 Å². The fourth-order valence-electron chi connectivity index (χ4n) is 3.32. The van der Waals surface area contributed by atoms with Crippen molar-refractivity contribution < 1.29 is 8.78 Å². The summed E-state index contributed by atoms with van der Waals surface area (Å²) >= 11 is 7.85. The van der Waals surface area contributed by atoms with Crippen LogP contribution >= 0.6 is 31.8 Å². The van der Waals surface area contributed by atoms with Crippen LogP contribution in [-0.4, -0.2) is 21.4 Å². The first-order valence-electron chi connectivity index (χ1n) is 7.77. The van der Waals surface area contributed by atoms with E-state index in [9.17, 15) is 8.78 Å². The van der Waals surface area contributed by atoms with Gasteiger partial charge in [-0.3, -0.25) is 0 Å². The summed E-state index contributed by atoms with van der Waals surface area (Å²) in [6, 6.07) is 6.01. The Morgan fingerprint density at radius 3 is 2.91 bits per heavy atom. The molecule has 1 aliphatic carbocycles. The van der Waals surface area contributed by atoms with Gasteiger partial charge in [0.1, 0.15) is 10.6 Å². The molecule has 1 aromatic rings. The molecule has 2 heterocycles. The van der Waals surface area contributed by atoms with E-state index < -0.39 is 5.92 Å². The van der Waals surface area contributed by atoms with E-state index in [0.29, 0.717) is 18.8 Å². The van der Waals surface area contributed by atoms with Gasteiger partial charge in [0.05, 0.1) is 6.54 Å². The maximum Gasteiger partial charge on any atom is 0.248 e. The summed E-state index contributed by atoms with van der Waals surface area (Å²) in [6.07, 6.45) is 2.01. The lowest BCUT2D eigenvalue weighted by atomic mass is 9.84. The van der Waals surface area contributed by atoms with Crippen LogP contribution in [0.25, 0.3) is 0 Å². The van der Waals surface area contributed by atoms with Gasteiger partial charge in [0.2, 0.25) is 5.92 Å². The highest BCUT2D eigenvalue weighted by Gasteiger charge is 2.37. The molecule has 0 amide bonds. The molecule has 23 heavy (non-hydrogen) atoms. The summed E-state index contributed by atoms with van der Waals surface area (Å²) in [5, 5.41) is 2.03. The molecule has 3 aliphatic rings. The molecule has 4 rings (SSSR count). The summed E-state index contributed by atoms with van der Waals surface area (Å²) in [6.45, 7) is 0.742. The highest BCUT2D eigenvalue weighted by atomic mass is 35.5. The number of alkyl halides is 2.